The Morgan fingerprint density at radius 3 is 2.62 bits per heavy atom. The number of hydrogen-bond acceptors (Lipinski definition) is 4. The first-order valence-electron chi connectivity index (χ1n) is 7.91. The summed E-state index contributed by atoms with van der Waals surface area (Å²) in [5, 5.41) is 4.58. The molecule has 1 aliphatic rings. The van der Waals surface area contributed by atoms with Gasteiger partial charge in [0.2, 0.25) is 5.91 Å². The number of amides is 1. The first kappa shape index (κ1) is 17.1. The second-order valence-electron chi connectivity index (χ2n) is 5.91. The molecule has 0 saturated carbocycles. The van der Waals surface area contributed by atoms with E-state index in [0.29, 0.717) is 18.7 Å². The summed E-state index contributed by atoms with van der Waals surface area (Å²) in [6, 6.07) is 10.1. The zero-order valence-corrected chi connectivity index (χ0v) is 15.1. The molecular formula is C17H20N2O3S2. The molecule has 1 aliphatic heterocycles. The Hall–Kier alpha value is -1.70. The van der Waals surface area contributed by atoms with Gasteiger partial charge in [-0.05, 0) is 43.3 Å². The van der Waals surface area contributed by atoms with Crippen LogP contribution in [0.2, 0.25) is 0 Å². The highest BCUT2D eigenvalue weighted by Gasteiger charge is 2.38. The van der Waals surface area contributed by atoms with Crippen molar-refractivity contribution in [3.63, 3.8) is 0 Å². The smallest absolute Gasteiger partial charge is 0.253 e. The molecule has 0 spiro atoms. The second kappa shape index (κ2) is 7.04. The number of nitrogens with one attached hydrogen (secondary N) is 1. The van der Waals surface area contributed by atoms with Gasteiger partial charge in [-0.15, -0.1) is 11.3 Å². The fourth-order valence-electron chi connectivity index (χ4n) is 2.84. The zero-order valence-electron chi connectivity index (χ0n) is 13.4. The number of rotatable bonds is 4. The van der Waals surface area contributed by atoms with E-state index in [9.17, 15) is 13.2 Å². The number of sulfonamides is 1. The van der Waals surface area contributed by atoms with E-state index in [-0.39, 0.29) is 10.1 Å². The summed E-state index contributed by atoms with van der Waals surface area (Å²) < 4.78 is 27.3. The van der Waals surface area contributed by atoms with Crippen LogP contribution in [0.15, 0.2) is 46.0 Å². The number of piperidine rings is 1. The number of aryl methyl sites for hydroxylation is 1. The van der Waals surface area contributed by atoms with Gasteiger partial charge in [-0.3, -0.25) is 4.79 Å². The van der Waals surface area contributed by atoms with E-state index in [2.05, 4.69) is 5.32 Å². The van der Waals surface area contributed by atoms with Crippen LogP contribution < -0.4 is 5.32 Å². The van der Waals surface area contributed by atoms with Gasteiger partial charge in [0.05, 0.1) is 0 Å². The van der Waals surface area contributed by atoms with Crippen molar-refractivity contribution < 1.29 is 13.2 Å². The Bertz CT molecular complexity index is 799. The predicted molar refractivity (Wildman–Crippen MR) is 95.7 cm³/mol. The number of benzene rings is 1. The van der Waals surface area contributed by atoms with Crippen LogP contribution in [0, 0.1) is 6.92 Å². The summed E-state index contributed by atoms with van der Waals surface area (Å²) in [4.78, 5) is 12.7. The molecule has 1 amide bonds. The molecule has 2 heterocycles. The first-order chi connectivity index (χ1) is 11.5. The van der Waals surface area contributed by atoms with Gasteiger partial charge in [-0.2, -0.15) is 4.31 Å². The summed E-state index contributed by atoms with van der Waals surface area (Å²) in [5.74, 6) is -0.265. The monoisotopic (exact) mass is 364 g/mol. The standard InChI is InChI=1S/C17H20N2O3S2/c1-13-7-9-14(10-8-13)18-17(20)15-5-2-3-11-19(15)24(21,22)16-6-4-12-23-16/h4,6-10,12,15H,2-3,5,11H2,1H3,(H,18,20)/t15-/m1/s1. The van der Waals surface area contributed by atoms with E-state index < -0.39 is 16.1 Å². The Labute approximate surface area is 146 Å². The highest BCUT2D eigenvalue weighted by Crippen LogP contribution is 2.28. The van der Waals surface area contributed by atoms with E-state index in [4.69, 9.17) is 0 Å². The van der Waals surface area contributed by atoms with Crippen molar-refractivity contribution in [2.45, 2.75) is 36.4 Å². The van der Waals surface area contributed by atoms with Crippen LogP contribution in [0.25, 0.3) is 0 Å². The van der Waals surface area contributed by atoms with Crippen LogP contribution in [-0.2, 0) is 14.8 Å². The molecule has 128 valence electrons. The minimum atomic E-state index is -3.62. The van der Waals surface area contributed by atoms with Crippen LogP contribution in [0.3, 0.4) is 0 Å². The minimum absolute atomic E-state index is 0.265. The summed E-state index contributed by atoms with van der Waals surface area (Å²) in [5.41, 5.74) is 1.79. The lowest BCUT2D eigenvalue weighted by Gasteiger charge is -2.33. The molecule has 1 N–H and O–H groups in total. The van der Waals surface area contributed by atoms with Crippen molar-refractivity contribution in [3.05, 3.63) is 47.3 Å². The third-order valence-electron chi connectivity index (χ3n) is 4.13. The molecule has 5 nitrogen and oxygen atoms in total. The number of nitrogens with zero attached hydrogens (tertiary/aromatic N) is 1. The summed E-state index contributed by atoms with van der Waals surface area (Å²) in [7, 11) is -3.62. The Balaban J connectivity index is 1.81. The van der Waals surface area contributed by atoms with E-state index in [0.717, 1.165) is 18.4 Å². The molecule has 0 aliphatic carbocycles. The lowest BCUT2D eigenvalue weighted by Crippen LogP contribution is -2.49. The van der Waals surface area contributed by atoms with E-state index >= 15 is 0 Å². The number of anilines is 1. The maximum Gasteiger partial charge on any atom is 0.253 e. The van der Waals surface area contributed by atoms with Gasteiger partial charge < -0.3 is 5.32 Å². The number of carbonyl (C=O) groups excluding carboxylic acids is 1. The van der Waals surface area contributed by atoms with Crippen LogP contribution >= 0.6 is 11.3 Å². The van der Waals surface area contributed by atoms with Gasteiger partial charge in [-0.25, -0.2) is 8.42 Å². The third kappa shape index (κ3) is 3.53. The van der Waals surface area contributed by atoms with Crippen LogP contribution in [0.1, 0.15) is 24.8 Å². The quantitative estimate of drug-likeness (QED) is 0.906. The molecule has 0 bridgehead atoms. The Morgan fingerprint density at radius 2 is 1.96 bits per heavy atom. The molecule has 1 aromatic carbocycles. The molecule has 1 aromatic heterocycles. The topological polar surface area (TPSA) is 66.5 Å². The molecule has 0 unspecified atom stereocenters. The number of carbonyl (C=O) groups is 1. The van der Waals surface area contributed by atoms with Gasteiger partial charge in [-0.1, -0.05) is 30.2 Å². The van der Waals surface area contributed by atoms with Gasteiger partial charge >= 0.3 is 0 Å². The van der Waals surface area contributed by atoms with Crippen molar-refractivity contribution in [3.8, 4) is 0 Å². The van der Waals surface area contributed by atoms with Gasteiger partial charge in [0.25, 0.3) is 10.0 Å². The Kier molecular flexibility index (Phi) is 5.03. The van der Waals surface area contributed by atoms with E-state index in [1.165, 1.54) is 15.6 Å². The zero-order chi connectivity index (χ0) is 17.2. The van der Waals surface area contributed by atoms with E-state index in [1.54, 1.807) is 17.5 Å². The normalized spacial score (nSPS) is 19.1. The van der Waals surface area contributed by atoms with Gasteiger partial charge in [0.15, 0.2) is 0 Å². The number of thiophene rings is 1. The molecular weight excluding hydrogens is 344 g/mol. The van der Waals surface area contributed by atoms with Crippen LogP contribution in [0.5, 0.6) is 0 Å². The maximum absolute atomic E-state index is 12.8. The summed E-state index contributed by atoms with van der Waals surface area (Å²) in [6.45, 7) is 2.36. The molecule has 1 fully saturated rings. The van der Waals surface area contributed by atoms with Crippen molar-refractivity contribution in [1.29, 1.82) is 0 Å². The van der Waals surface area contributed by atoms with Crippen molar-refractivity contribution >= 4 is 33.0 Å². The Morgan fingerprint density at radius 1 is 1.21 bits per heavy atom. The van der Waals surface area contributed by atoms with Gasteiger partial charge in [0.1, 0.15) is 10.3 Å². The van der Waals surface area contributed by atoms with Crippen molar-refractivity contribution in [2.24, 2.45) is 0 Å². The molecule has 7 heteroatoms. The third-order valence-corrected chi connectivity index (χ3v) is 7.41. The highest BCUT2D eigenvalue weighted by molar-refractivity contribution is 7.91. The second-order valence-corrected chi connectivity index (χ2v) is 8.98. The molecule has 1 atom stereocenters. The van der Waals surface area contributed by atoms with E-state index in [1.807, 2.05) is 31.2 Å². The van der Waals surface area contributed by atoms with Crippen molar-refractivity contribution in [2.75, 3.05) is 11.9 Å². The molecule has 24 heavy (non-hydrogen) atoms. The fraction of sp³-hybridized carbons (Fsp3) is 0.353. The lowest BCUT2D eigenvalue weighted by atomic mass is 10.0. The SMILES string of the molecule is Cc1ccc(NC(=O)[C@H]2CCCCN2S(=O)(=O)c2cccs2)cc1. The average Bonchev–Trinajstić information content (AvgIpc) is 3.12. The number of hydrogen-bond donors (Lipinski definition) is 1. The average molecular weight is 364 g/mol. The minimum Gasteiger partial charge on any atom is -0.325 e. The van der Waals surface area contributed by atoms with Crippen LogP contribution in [-0.4, -0.2) is 31.2 Å². The van der Waals surface area contributed by atoms with Crippen molar-refractivity contribution in [1.82, 2.24) is 4.31 Å². The molecule has 2 aromatic rings. The predicted octanol–water partition coefficient (Wildman–Crippen LogP) is 3.24. The molecule has 3 rings (SSSR count). The molecule has 0 radical (unpaired) electrons. The largest absolute Gasteiger partial charge is 0.325 e. The van der Waals surface area contributed by atoms with Gasteiger partial charge in [0, 0.05) is 12.2 Å². The maximum atomic E-state index is 12.8. The first-order valence-corrected chi connectivity index (χ1v) is 10.2. The summed E-state index contributed by atoms with van der Waals surface area (Å²) >= 11 is 1.18. The van der Waals surface area contributed by atoms with Crippen LogP contribution in [0.4, 0.5) is 5.69 Å². The lowest BCUT2D eigenvalue weighted by molar-refractivity contribution is -0.120. The highest BCUT2D eigenvalue weighted by atomic mass is 32.2. The summed E-state index contributed by atoms with van der Waals surface area (Å²) in [6.07, 6.45) is 2.17. The fourth-order valence-corrected chi connectivity index (χ4v) is 5.62. The molecule has 1 saturated heterocycles.